The van der Waals surface area contributed by atoms with Crippen LogP contribution in [-0.4, -0.2) is 62.8 Å². The smallest absolute Gasteiger partial charge is 0.123 e. The number of hydrogen-bond donors (Lipinski definition) is 0. The fourth-order valence-electron chi connectivity index (χ4n) is 3.78. The van der Waals surface area contributed by atoms with Crippen LogP contribution in [0.4, 0.5) is 0 Å². The van der Waals surface area contributed by atoms with E-state index in [9.17, 15) is 0 Å². The predicted octanol–water partition coefficient (Wildman–Crippen LogP) is 2.24. The Bertz CT molecular complexity index is 488. The van der Waals surface area contributed by atoms with Crippen molar-refractivity contribution in [1.82, 2.24) is 9.80 Å². The Morgan fingerprint density at radius 3 is 2.73 bits per heavy atom. The molecule has 1 atom stereocenters. The Kier molecular flexibility index (Phi) is 4.71. The molecule has 1 aromatic carbocycles. The first-order valence-corrected chi connectivity index (χ1v) is 8.23. The highest BCUT2D eigenvalue weighted by molar-refractivity contribution is 5.33. The highest BCUT2D eigenvalue weighted by Crippen LogP contribution is 2.37. The van der Waals surface area contributed by atoms with E-state index in [1.807, 2.05) is 12.1 Å². The Balaban J connectivity index is 1.48. The Morgan fingerprint density at radius 2 is 2.09 bits per heavy atom. The summed E-state index contributed by atoms with van der Waals surface area (Å²) >= 11 is 0. The van der Waals surface area contributed by atoms with E-state index in [0.717, 1.165) is 38.5 Å². The molecule has 2 heterocycles. The van der Waals surface area contributed by atoms with Gasteiger partial charge in [-0.2, -0.15) is 0 Å². The van der Waals surface area contributed by atoms with Gasteiger partial charge in [0.25, 0.3) is 0 Å². The molecule has 0 radical (unpaired) electrons. The molecular weight excluding hydrogens is 276 g/mol. The predicted molar refractivity (Wildman–Crippen MR) is 88.2 cm³/mol. The van der Waals surface area contributed by atoms with Crippen molar-refractivity contribution in [1.29, 1.82) is 0 Å². The van der Waals surface area contributed by atoms with Gasteiger partial charge in [0.1, 0.15) is 5.75 Å². The number of benzene rings is 1. The highest BCUT2D eigenvalue weighted by atomic mass is 16.5. The van der Waals surface area contributed by atoms with Crippen LogP contribution in [0.1, 0.15) is 18.4 Å². The summed E-state index contributed by atoms with van der Waals surface area (Å²) < 4.78 is 11.7. The van der Waals surface area contributed by atoms with E-state index < -0.39 is 0 Å². The molecule has 4 heteroatoms. The average Bonchev–Trinajstić information content (AvgIpc) is 2.47. The third-order valence-electron chi connectivity index (χ3n) is 4.87. The third-order valence-corrected chi connectivity index (χ3v) is 4.87. The number of ether oxygens (including phenoxy) is 2. The summed E-state index contributed by atoms with van der Waals surface area (Å²) in [4.78, 5) is 4.73. The molecule has 2 saturated heterocycles. The third kappa shape index (κ3) is 3.45. The highest BCUT2D eigenvalue weighted by Gasteiger charge is 2.46. The fourth-order valence-corrected chi connectivity index (χ4v) is 3.78. The lowest BCUT2D eigenvalue weighted by molar-refractivity contribution is -0.183. The number of methoxy groups -OCH3 is 1. The summed E-state index contributed by atoms with van der Waals surface area (Å²) in [6.45, 7) is 5.12. The first kappa shape index (κ1) is 15.8. The van der Waals surface area contributed by atoms with Gasteiger partial charge in [-0.1, -0.05) is 18.2 Å². The monoisotopic (exact) mass is 304 g/mol. The molecule has 3 rings (SSSR count). The van der Waals surface area contributed by atoms with Crippen LogP contribution >= 0.6 is 0 Å². The first-order chi connectivity index (χ1) is 10.6. The summed E-state index contributed by atoms with van der Waals surface area (Å²) in [7, 11) is 6.02. The van der Waals surface area contributed by atoms with E-state index >= 15 is 0 Å². The molecule has 2 aliphatic heterocycles. The summed E-state index contributed by atoms with van der Waals surface area (Å²) in [5.74, 6) is 1.68. The molecule has 0 saturated carbocycles. The van der Waals surface area contributed by atoms with E-state index in [2.05, 4.69) is 36.0 Å². The number of nitrogens with zero attached hydrogens (tertiary/aromatic N) is 2. The van der Waals surface area contributed by atoms with Gasteiger partial charge in [0, 0.05) is 31.7 Å². The lowest BCUT2D eigenvalue weighted by atomic mass is 9.82. The lowest BCUT2D eigenvalue weighted by Crippen LogP contribution is -2.64. The summed E-state index contributed by atoms with van der Waals surface area (Å²) in [5.41, 5.74) is 1.39. The summed E-state index contributed by atoms with van der Waals surface area (Å²) in [6, 6.07) is 8.29. The van der Waals surface area contributed by atoms with Crippen LogP contribution in [0.25, 0.3) is 0 Å². The zero-order chi connectivity index (χ0) is 15.6. The van der Waals surface area contributed by atoms with E-state index in [-0.39, 0.29) is 5.60 Å². The normalized spacial score (nSPS) is 24.5. The number of likely N-dealkylation sites (tertiary alicyclic amines) is 1. The molecule has 1 spiro atoms. The van der Waals surface area contributed by atoms with Gasteiger partial charge in [0.15, 0.2) is 0 Å². The molecule has 4 nitrogen and oxygen atoms in total. The van der Waals surface area contributed by atoms with Crippen molar-refractivity contribution in [2.45, 2.75) is 25.0 Å². The molecule has 0 amide bonds. The van der Waals surface area contributed by atoms with Crippen LogP contribution < -0.4 is 4.74 Å². The maximum Gasteiger partial charge on any atom is 0.123 e. The maximum atomic E-state index is 6.24. The SMILES string of the molecule is COc1ccccc1CN1CC2(CC[C@H](CN(C)C)CO2)C1. The second-order valence-electron chi connectivity index (χ2n) is 7.12. The molecule has 0 aromatic heterocycles. The van der Waals surface area contributed by atoms with Crippen LogP contribution in [0.3, 0.4) is 0 Å². The Morgan fingerprint density at radius 1 is 1.32 bits per heavy atom. The van der Waals surface area contributed by atoms with Gasteiger partial charge in [0.2, 0.25) is 0 Å². The zero-order valence-electron chi connectivity index (χ0n) is 14.0. The fraction of sp³-hybridized carbons (Fsp3) is 0.667. The standard InChI is InChI=1S/C18H28N2O2/c1-19(2)10-15-8-9-18(22-12-15)13-20(14-18)11-16-6-4-5-7-17(16)21-3/h4-7,15H,8-14H2,1-3H3/t15-/m1/s1. The minimum Gasteiger partial charge on any atom is -0.496 e. The second kappa shape index (κ2) is 6.57. The average molecular weight is 304 g/mol. The van der Waals surface area contributed by atoms with E-state index in [4.69, 9.17) is 9.47 Å². The molecule has 0 N–H and O–H groups in total. The molecule has 22 heavy (non-hydrogen) atoms. The largest absolute Gasteiger partial charge is 0.496 e. The molecule has 122 valence electrons. The van der Waals surface area contributed by atoms with Gasteiger partial charge in [-0.25, -0.2) is 0 Å². The minimum absolute atomic E-state index is 0.130. The second-order valence-corrected chi connectivity index (χ2v) is 7.12. The van der Waals surface area contributed by atoms with E-state index in [0.29, 0.717) is 5.92 Å². The molecule has 1 aromatic rings. The minimum atomic E-state index is 0.130. The number of hydrogen-bond acceptors (Lipinski definition) is 4. The van der Waals surface area contributed by atoms with E-state index in [1.54, 1.807) is 7.11 Å². The molecule has 2 fully saturated rings. The van der Waals surface area contributed by atoms with Crippen LogP contribution in [0.2, 0.25) is 0 Å². The number of rotatable bonds is 5. The van der Waals surface area contributed by atoms with E-state index in [1.165, 1.54) is 18.4 Å². The van der Waals surface area contributed by atoms with Crippen molar-refractivity contribution in [2.24, 2.45) is 5.92 Å². The van der Waals surface area contributed by atoms with Gasteiger partial charge in [-0.05, 0) is 38.9 Å². The molecule has 0 aliphatic carbocycles. The van der Waals surface area contributed by atoms with Gasteiger partial charge < -0.3 is 14.4 Å². The van der Waals surface area contributed by atoms with Crippen LogP contribution in [0.5, 0.6) is 5.75 Å². The van der Waals surface area contributed by atoms with Gasteiger partial charge in [-0.15, -0.1) is 0 Å². The van der Waals surface area contributed by atoms with Crippen molar-refractivity contribution >= 4 is 0 Å². The molecule has 0 bridgehead atoms. The summed E-state index contributed by atoms with van der Waals surface area (Å²) in [6.07, 6.45) is 2.49. The van der Waals surface area contributed by atoms with Gasteiger partial charge >= 0.3 is 0 Å². The number of para-hydroxylation sites is 1. The van der Waals surface area contributed by atoms with Crippen LogP contribution in [0, 0.1) is 5.92 Å². The van der Waals surface area contributed by atoms with Crippen molar-refractivity contribution < 1.29 is 9.47 Å². The topological polar surface area (TPSA) is 24.9 Å². The van der Waals surface area contributed by atoms with Crippen molar-refractivity contribution in [2.75, 3.05) is 47.4 Å². The Labute approximate surface area is 134 Å². The molecule has 2 aliphatic rings. The van der Waals surface area contributed by atoms with Crippen LogP contribution in [0.15, 0.2) is 24.3 Å². The first-order valence-electron chi connectivity index (χ1n) is 8.23. The van der Waals surface area contributed by atoms with Crippen LogP contribution in [-0.2, 0) is 11.3 Å². The quantitative estimate of drug-likeness (QED) is 0.833. The van der Waals surface area contributed by atoms with Crippen molar-refractivity contribution in [3.8, 4) is 5.75 Å². The Hall–Kier alpha value is -1.10. The van der Waals surface area contributed by atoms with Gasteiger partial charge in [0.05, 0.1) is 19.3 Å². The summed E-state index contributed by atoms with van der Waals surface area (Å²) in [5, 5.41) is 0. The van der Waals surface area contributed by atoms with Gasteiger partial charge in [-0.3, -0.25) is 4.90 Å². The lowest BCUT2D eigenvalue weighted by Gasteiger charge is -2.53. The zero-order valence-corrected chi connectivity index (χ0v) is 14.0. The molecule has 0 unspecified atom stereocenters. The van der Waals surface area contributed by atoms with Crippen molar-refractivity contribution in [3.63, 3.8) is 0 Å². The van der Waals surface area contributed by atoms with Crippen molar-refractivity contribution in [3.05, 3.63) is 29.8 Å². The maximum absolute atomic E-state index is 6.24. The molecular formula is C18H28N2O2.